The van der Waals surface area contributed by atoms with Crippen LogP contribution in [0.25, 0.3) is 11.1 Å². The largest absolute Gasteiger partial charge is 0.443 e. The number of hydrogen-bond donors (Lipinski definition) is 1. The molecule has 0 unspecified atom stereocenters. The summed E-state index contributed by atoms with van der Waals surface area (Å²) in [6, 6.07) is 5.38. The zero-order valence-electron chi connectivity index (χ0n) is 7.24. The number of nitrogens with zero attached hydrogens (tertiary/aromatic N) is 1. The Kier molecular flexibility index (Phi) is 2.69. The highest BCUT2D eigenvalue weighted by molar-refractivity contribution is 5.75. The molecule has 0 spiro atoms. The summed E-state index contributed by atoms with van der Waals surface area (Å²) in [7, 11) is 0. The Balaban J connectivity index is 0.000000336. The summed E-state index contributed by atoms with van der Waals surface area (Å²) in [4.78, 5) is 3.94. The van der Waals surface area contributed by atoms with Gasteiger partial charge in [-0.1, -0.05) is 13.8 Å². The zero-order valence-corrected chi connectivity index (χ0v) is 7.24. The van der Waals surface area contributed by atoms with Gasteiger partial charge in [-0.2, -0.15) is 0 Å². The third-order valence-corrected chi connectivity index (χ3v) is 1.36. The Labute approximate surface area is 71.2 Å². The van der Waals surface area contributed by atoms with E-state index in [1.165, 1.54) is 6.39 Å². The Morgan fingerprint density at radius 2 is 2.08 bits per heavy atom. The summed E-state index contributed by atoms with van der Waals surface area (Å²) in [6.45, 7) is 4.00. The van der Waals surface area contributed by atoms with Crippen molar-refractivity contribution in [3.63, 3.8) is 0 Å². The number of hydrogen-bond acceptors (Lipinski definition) is 3. The maximum absolute atomic E-state index is 5.50. The fourth-order valence-electron chi connectivity index (χ4n) is 0.872. The van der Waals surface area contributed by atoms with E-state index in [-0.39, 0.29) is 0 Å². The van der Waals surface area contributed by atoms with E-state index >= 15 is 0 Å². The molecule has 0 aliphatic rings. The molecule has 0 radical (unpaired) electrons. The minimum Gasteiger partial charge on any atom is -0.443 e. The van der Waals surface area contributed by atoms with Gasteiger partial charge in [0.15, 0.2) is 12.0 Å². The summed E-state index contributed by atoms with van der Waals surface area (Å²) in [5.74, 6) is 0. The van der Waals surface area contributed by atoms with Crippen molar-refractivity contribution in [1.29, 1.82) is 0 Å². The van der Waals surface area contributed by atoms with Crippen molar-refractivity contribution in [1.82, 2.24) is 4.98 Å². The number of anilines is 1. The third-order valence-electron chi connectivity index (χ3n) is 1.36. The third kappa shape index (κ3) is 1.56. The van der Waals surface area contributed by atoms with Crippen molar-refractivity contribution in [3.05, 3.63) is 24.6 Å². The maximum atomic E-state index is 5.50. The standard InChI is InChI=1S/C7H6N2O.C2H6/c8-5-1-2-6-7(3-5)10-4-9-6;1-2/h1-4H,8H2;1-2H3. The molecule has 1 heterocycles. The van der Waals surface area contributed by atoms with Crippen LogP contribution < -0.4 is 5.73 Å². The van der Waals surface area contributed by atoms with Gasteiger partial charge in [-0.25, -0.2) is 4.98 Å². The molecule has 3 heteroatoms. The molecule has 0 saturated heterocycles. The lowest BCUT2D eigenvalue weighted by molar-refractivity contribution is 0.602. The summed E-state index contributed by atoms with van der Waals surface area (Å²) in [6.07, 6.45) is 1.41. The second kappa shape index (κ2) is 3.76. The Morgan fingerprint density at radius 3 is 2.83 bits per heavy atom. The maximum Gasteiger partial charge on any atom is 0.181 e. The molecule has 1 aromatic heterocycles. The predicted octanol–water partition coefficient (Wildman–Crippen LogP) is 2.44. The van der Waals surface area contributed by atoms with Crippen molar-refractivity contribution in [2.75, 3.05) is 5.73 Å². The van der Waals surface area contributed by atoms with Crippen LogP contribution in [0.4, 0.5) is 5.69 Å². The van der Waals surface area contributed by atoms with Gasteiger partial charge in [0.2, 0.25) is 0 Å². The smallest absolute Gasteiger partial charge is 0.181 e. The van der Waals surface area contributed by atoms with Crippen molar-refractivity contribution in [2.24, 2.45) is 0 Å². The van der Waals surface area contributed by atoms with Crippen LogP contribution in [-0.4, -0.2) is 4.98 Å². The highest BCUT2D eigenvalue weighted by Crippen LogP contribution is 2.14. The lowest BCUT2D eigenvalue weighted by Gasteiger charge is -1.88. The Hall–Kier alpha value is -1.51. The first-order valence-electron chi connectivity index (χ1n) is 3.95. The van der Waals surface area contributed by atoms with Crippen molar-refractivity contribution in [2.45, 2.75) is 13.8 Å². The number of rotatable bonds is 0. The lowest BCUT2D eigenvalue weighted by Crippen LogP contribution is -1.81. The molecule has 0 atom stereocenters. The first kappa shape index (κ1) is 8.59. The van der Waals surface area contributed by atoms with Gasteiger partial charge in [0.1, 0.15) is 5.52 Å². The average Bonchev–Trinajstić information content (AvgIpc) is 2.54. The quantitative estimate of drug-likeness (QED) is 0.608. The molecule has 0 fully saturated rings. The number of benzene rings is 1. The van der Waals surface area contributed by atoms with Crippen LogP contribution in [0.3, 0.4) is 0 Å². The Bertz CT molecular complexity index is 354. The van der Waals surface area contributed by atoms with Gasteiger partial charge in [-0.15, -0.1) is 0 Å². The minimum atomic E-state index is 0.698. The first-order valence-corrected chi connectivity index (χ1v) is 3.95. The summed E-state index contributed by atoms with van der Waals surface area (Å²) in [5, 5.41) is 0. The number of oxazole rings is 1. The number of aromatic nitrogens is 1. The van der Waals surface area contributed by atoms with E-state index < -0.39 is 0 Å². The van der Waals surface area contributed by atoms with Gasteiger partial charge >= 0.3 is 0 Å². The van der Waals surface area contributed by atoms with Gasteiger partial charge in [-0.05, 0) is 12.1 Å². The van der Waals surface area contributed by atoms with Gasteiger partial charge in [0.05, 0.1) is 0 Å². The fraction of sp³-hybridized carbons (Fsp3) is 0.222. The molecule has 2 rings (SSSR count). The van der Waals surface area contributed by atoms with Crippen molar-refractivity contribution < 1.29 is 4.42 Å². The van der Waals surface area contributed by atoms with Gasteiger partial charge in [-0.3, -0.25) is 0 Å². The van der Waals surface area contributed by atoms with Crippen molar-refractivity contribution in [3.8, 4) is 0 Å². The second-order valence-electron chi connectivity index (χ2n) is 2.08. The van der Waals surface area contributed by atoms with Crippen LogP contribution in [0, 0.1) is 0 Å². The summed E-state index contributed by atoms with van der Waals surface area (Å²) >= 11 is 0. The van der Waals surface area contributed by atoms with Crippen LogP contribution in [0.1, 0.15) is 13.8 Å². The molecule has 0 bridgehead atoms. The van der Waals surface area contributed by atoms with Crippen LogP contribution in [-0.2, 0) is 0 Å². The van der Waals surface area contributed by atoms with E-state index in [2.05, 4.69) is 4.98 Å². The van der Waals surface area contributed by atoms with Gasteiger partial charge < -0.3 is 10.2 Å². The molecule has 0 aliphatic heterocycles. The zero-order chi connectivity index (χ0) is 8.97. The Morgan fingerprint density at radius 1 is 1.33 bits per heavy atom. The average molecular weight is 164 g/mol. The molecule has 12 heavy (non-hydrogen) atoms. The molecule has 0 saturated carbocycles. The SMILES string of the molecule is CC.Nc1ccc2ncoc2c1. The molecule has 0 aliphatic carbocycles. The van der Waals surface area contributed by atoms with E-state index in [1.54, 1.807) is 12.1 Å². The fourth-order valence-corrected chi connectivity index (χ4v) is 0.872. The molecular weight excluding hydrogens is 152 g/mol. The lowest BCUT2D eigenvalue weighted by atomic mass is 10.3. The van der Waals surface area contributed by atoms with E-state index in [1.807, 2.05) is 19.9 Å². The monoisotopic (exact) mass is 164 g/mol. The van der Waals surface area contributed by atoms with Gasteiger partial charge in [0.25, 0.3) is 0 Å². The predicted molar refractivity (Wildman–Crippen MR) is 49.8 cm³/mol. The first-order chi connectivity index (χ1) is 5.86. The van der Waals surface area contributed by atoms with Gasteiger partial charge in [0, 0.05) is 11.8 Å². The minimum absolute atomic E-state index is 0.698. The molecule has 2 N–H and O–H groups in total. The van der Waals surface area contributed by atoms with Crippen LogP contribution in [0.2, 0.25) is 0 Å². The van der Waals surface area contributed by atoms with Crippen LogP contribution in [0.5, 0.6) is 0 Å². The van der Waals surface area contributed by atoms with Crippen LogP contribution >= 0.6 is 0 Å². The highest BCUT2D eigenvalue weighted by Gasteiger charge is 1.95. The highest BCUT2D eigenvalue weighted by atomic mass is 16.3. The normalized spacial score (nSPS) is 9.17. The topological polar surface area (TPSA) is 52.0 Å². The summed E-state index contributed by atoms with van der Waals surface area (Å²) < 4.78 is 5.01. The molecule has 1 aromatic carbocycles. The van der Waals surface area contributed by atoms with E-state index in [0.29, 0.717) is 5.69 Å². The van der Waals surface area contributed by atoms with Crippen LogP contribution in [0.15, 0.2) is 29.0 Å². The molecule has 64 valence electrons. The van der Waals surface area contributed by atoms with E-state index in [4.69, 9.17) is 10.2 Å². The molecule has 3 nitrogen and oxygen atoms in total. The van der Waals surface area contributed by atoms with E-state index in [0.717, 1.165) is 11.1 Å². The number of nitrogen functional groups attached to an aromatic ring is 1. The van der Waals surface area contributed by atoms with E-state index in [9.17, 15) is 0 Å². The molecular formula is C9H12N2O. The molecule has 2 aromatic rings. The second-order valence-corrected chi connectivity index (χ2v) is 2.08. The molecule has 0 amide bonds. The summed E-state index contributed by atoms with van der Waals surface area (Å²) in [5.41, 5.74) is 7.77. The van der Waals surface area contributed by atoms with Crippen molar-refractivity contribution >= 4 is 16.8 Å². The number of fused-ring (bicyclic) bond motifs is 1. The number of nitrogens with two attached hydrogens (primary N) is 1.